The molecule has 1 aromatic rings. The first-order valence-corrected chi connectivity index (χ1v) is 7.86. The number of carbonyl (C=O) groups excluding carboxylic acids is 1. The zero-order chi connectivity index (χ0) is 15.6. The Morgan fingerprint density at radius 1 is 1.09 bits per heavy atom. The van der Waals surface area contributed by atoms with Crippen LogP contribution in [0.25, 0.3) is 0 Å². The molecule has 1 amide bonds. The van der Waals surface area contributed by atoms with Crippen molar-refractivity contribution in [3.05, 3.63) is 24.3 Å². The number of ether oxygens (including phenoxy) is 1. The number of morpholine rings is 1. The molecule has 2 aliphatic rings. The van der Waals surface area contributed by atoms with Crippen LogP contribution in [-0.2, 0) is 9.53 Å². The van der Waals surface area contributed by atoms with Gasteiger partial charge in [-0.1, -0.05) is 12.1 Å². The van der Waals surface area contributed by atoms with Crippen LogP contribution in [0.5, 0.6) is 0 Å². The fourth-order valence-electron chi connectivity index (χ4n) is 3.60. The van der Waals surface area contributed by atoms with Crippen LogP contribution in [0.3, 0.4) is 0 Å². The largest absolute Gasteiger partial charge is 0.397 e. The molecule has 4 N–H and O–H groups in total. The second-order valence-electron chi connectivity index (χ2n) is 6.04. The zero-order valence-electron chi connectivity index (χ0n) is 12.8. The van der Waals surface area contributed by atoms with Crippen LogP contribution < -0.4 is 16.4 Å². The highest BCUT2D eigenvalue weighted by atomic mass is 16.5. The standard InChI is InChI=1S/C16H24N4O2/c17-13-3-1-2-4-14(13)19-7-5-16(6-8-19,15(18)21)20-9-11-22-12-10-20/h1-4H,5-12,17H2,(H2,18,21). The Kier molecular flexibility index (Phi) is 4.22. The molecule has 0 saturated carbocycles. The molecule has 2 saturated heterocycles. The second kappa shape index (κ2) is 6.14. The van der Waals surface area contributed by atoms with Crippen LogP contribution >= 0.6 is 0 Å². The Morgan fingerprint density at radius 3 is 2.32 bits per heavy atom. The number of hydrogen-bond donors (Lipinski definition) is 2. The number of rotatable bonds is 3. The minimum Gasteiger partial charge on any atom is -0.397 e. The fraction of sp³-hybridized carbons (Fsp3) is 0.562. The van der Waals surface area contributed by atoms with Crippen LogP contribution in [0.1, 0.15) is 12.8 Å². The second-order valence-corrected chi connectivity index (χ2v) is 6.04. The van der Waals surface area contributed by atoms with Crippen LogP contribution in [0.15, 0.2) is 24.3 Å². The molecule has 0 radical (unpaired) electrons. The number of nitrogens with two attached hydrogens (primary N) is 2. The highest BCUT2D eigenvalue weighted by molar-refractivity contribution is 5.85. The van der Waals surface area contributed by atoms with Gasteiger partial charge in [-0.05, 0) is 25.0 Å². The summed E-state index contributed by atoms with van der Waals surface area (Å²) in [6, 6.07) is 7.86. The molecular weight excluding hydrogens is 280 g/mol. The van der Waals surface area contributed by atoms with E-state index in [1.807, 2.05) is 24.3 Å². The van der Waals surface area contributed by atoms with Gasteiger partial charge in [0.25, 0.3) is 0 Å². The van der Waals surface area contributed by atoms with Crippen molar-refractivity contribution < 1.29 is 9.53 Å². The number of amides is 1. The highest BCUT2D eigenvalue weighted by Crippen LogP contribution is 2.33. The van der Waals surface area contributed by atoms with Gasteiger partial charge < -0.3 is 21.1 Å². The first-order valence-electron chi connectivity index (χ1n) is 7.86. The van der Waals surface area contributed by atoms with Gasteiger partial charge in [0.05, 0.1) is 24.6 Å². The molecule has 22 heavy (non-hydrogen) atoms. The highest BCUT2D eigenvalue weighted by Gasteiger charge is 2.45. The third-order valence-corrected chi connectivity index (χ3v) is 4.94. The monoisotopic (exact) mass is 304 g/mol. The van der Waals surface area contributed by atoms with Crippen molar-refractivity contribution in [2.24, 2.45) is 5.73 Å². The number of nitrogen functional groups attached to an aromatic ring is 1. The number of piperidine rings is 1. The smallest absolute Gasteiger partial charge is 0.238 e. The summed E-state index contributed by atoms with van der Waals surface area (Å²) in [4.78, 5) is 16.6. The number of anilines is 2. The Labute approximate surface area is 131 Å². The summed E-state index contributed by atoms with van der Waals surface area (Å²) in [6.45, 7) is 4.46. The molecule has 6 heteroatoms. The Hall–Kier alpha value is -1.79. The van der Waals surface area contributed by atoms with Gasteiger partial charge in [0.15, 0.2) is 0 Å². The minimum absolute atomic E-state index is 0.213. The molecule has 0 unspecified atom stereocenters. The summed E-state index contributed by atoms with van der Waals surface area (Å²) >= 11 is 0. The predicted octanol–water partition coefficient (Wildman–Crippen LogP) is 0.425. The molecule has 0 aromatic heterocycles. The average molecular weight is 304 g/mol. The maximum absolute atomic E-state index is 12.2. The molecule has 2 fully saturated rings. The van der Waals surface area contributed by atoms with Crippen LogP contribution in [0.2, 0.25) is 0 Å². The molecule has 1 aromatic carbocycles. The molecular formula is C16H24N4O2. The van der Waals surface area contributed by atoms with Gasteiger partial charge in [0.1, 0.15) is 5.54 Å². The zero-order valence-corrected chi connectivity index (χ0v) is 12.8. The van der Waals surface area contributed by atoms with Crippen LogP contribution in [0.4, 0.5) is 11.4 Å². The van der Waals surface area contributed by atoms with Crippen molar-refractivity contribution in [2.45, 2.75) is 18.4 Å². The van der Waals surface area contributed by atoms with E-state index in [0.717, 1.165) is 50.4 Å². The van der Waals surface area contributed by atoms with Crippen LogP contribution in [0, 0.1) is 0 Å². The molecule has 0 spiro atoms. The Morgan fingerprint density at radius 2 is 1.73 bits per heavy atom. The summed E-state index contributed by atoms with van der Waals surface area (Å²) in [5.41, 5.74) is 13.1. The number of hydrogen-bond acceptors (Lipinski definition) is 5. The molecule has 3 rings (SSSR count). The molecule has 2 heterocycles. The average Bonchev–Trinajstić information content (AvgIpc) is 2.56. The first-order chi connectivity index (χ1) is 10.6. The summed E-state index contributed by atoms with van der Waals surface area (Å²) in [7, 11) is 0. The number of carbonyl (C=O) groups is 1. The van der Waals surface area contributed by atoms with Gasteiger partial charge in [0.2, 0.25) is 5.91 Å². The number of primary amides is 1. The van der Waals surface area contributed by atoms with Gasteiger partial charge in [-0.2, -0.15) is 0 Å². The van der Waals surface area contributed by atoms with E-state index in [0.29, 0.717) is 13.2 Å². The molecule has 0 aliphatic carbocycles. The lowest BCUT2D eigenvalue weighted by atomic mass is 9.84. The van der Waals surface area contributed by atoms with Crippen molar-refractivity contribution in [1.29, 1.82) is 0 Å². The lowest BCUT2D eigenvalue weighted by Crippen LogP contribution is -2.64. The van der Waals surface area contributed by atoms with Crippen molar-refractivity contribution in [2.75, 3.05) is 50.0 Å². The van der Waals surface area contributed by atoms with E-state index in [1.165, 1.54) is 0 Å². The summed E-state index contributed by atoms with van der Waals surface area (Å²) < 4.78 is 5.40. The van der Waals surface area contributed by atoms with Crippen molar-refractivity contribution in [3.8, 4) is 0 Å². The quantitative estimate of drug-likeness (QED) is 0.791. The van der Waals surface area contributed by atoms with Gasteiger partial charge in [0, 0.05) is 26.2 Å². The van der Waals surface area contributed by atoms with Crippen molar-refractivity contribution in [3.63, 3.8) is 0 Å². The molecule has 0 atom stereocenters. The lowest BCUT2D eigenvalue weighted by Gasteiger charge is -2.48. The number of nitrogens with zero attached hydrogens (tertiary/aromatic N) is 2. The van der Waals surface area contributed by atoms with Gasteiger partial charge in [-0.25, -0.2) is 0 Å². The SMILES string of the molecule is NC(=O)C1(N2CCOCC2)CCN(c2ccccc2N)CC1. The summed E-state index contributed by atoms with van der Waals surface area (Å²) in [5, 5.41) is 0. The van der Waals surface area contributed by atoms with Crippen molar-refractivity contribution >= 4 is 17.3 Å². The van der Waals surface area contributed by atoms with E-state index < -0.39 is 5.54 Å². The van der Waals surface area contributed by atoms with Gasteiger partial charge in [-0.15, -0.1) is 0 Å². The fourth-order valence-corrected chi connectivity index (χ4v) is 3.60. The molecule has 6 nitrogen and oxygen atoms in total. The maximum atomic E-state index is 12.2. The third kappa shape index (κ3) is 2.64. The normalized spacial score (nSPS) is 22.5. The van der Waals surface area contributed by atoms with Crippen LogP contribution in [-0.4, -0.2) is 55.7 Å². The van der Waals surface area contributed by atoms with E-state index in [9.17, 15) is 4.79 Å². The van der Waals surface area contributed by atoms with Crippen molar-refractivity contribution in [1.82, 2.24) is 4.90 Å². The molecule has 2 aliphatic heterocycles. The third-order valence-electron chi connectivity index (χ3n) is 4.94. The van der Waals surface area contributed by atoms with E-state index >= 15 is 0 Å². The number of benzene rings is 1. The Balaban J connectivity index is 1.75. The topological polar surface area (TPSA) is 84.8 Å². The predicted molar refractivity (Wildman–Crippen MR) is 86.6 cm³/mol. The summed E-state index contributed by atoms with van der Waals surface area (Å²) in [6.07, 6.45) is 1.47. The Bertz CT molecular complexity index is 535. The molecule has 0 bridgehead atoms. The van der Waals surface area contributed by atoms with E-state index in [-0.39, 0.29) is 5.91 Å². The van der Waals surface area contributed by atoms with E-state index in [1.54, 1.807) is 0 Å². The van der Waals surface area contributed by atoms with E-state index in [2.05, 4.69) is 9.80 Å². The summed E-state index contributed by atoms with van der Waals surface area (Å²) in [5.74, 6) is -0.213. The maximum Gasteiger partial charge on any atom is 0.238 e. The minimum atomic E-state index is -0.538. The molecule has 120 valence electrons. The van der Waals surface area contributed by atoms with Gasteiger partial charge in [-0.3, -0.25) is 9.69 Å². The lowest BCUT2D eigenvalue weighted by molar-refractivity contribution is -0.135. The first kappa shape index (κ1) is 15.1. The number of para-hydroxylation sites is 2. The van der Waals surface area contributed by atoms with E-state index in [4.69, 9.17) is 16.2 Å². The van der Waals surface area contributed by atoms with Gasteiger partial charge >= 0.3 is 0 Å².